The number of amides is 2. The van der Waals surface area contributed by atoms with E-state index in [0.717, 1.165) is 53.5 Å². The van der Waals surface area contributed by atoms with Gasteiger partial charge in [0.15, 0.2) is 0 Å². The van der Waals surface area contributed by atoms with Crippen molar-refractivity contribution in [3.63, 3.8) is 0 Å². The number of carbonyl (C=O) groups is 2. The monoisotopic (exact) mass is 589 g/mol. The van der Waals surface area contributed by atoms with Gasteiger partial charge in [-0.2, -0.15) is 0 Å². The van der Waals surface area contributed by atoms with Gasteiger partial charge in [0.25, 0.3) is 10.0 Å². The molecule has 2 amide bonds. The molecule has 0 radical (unpaired) electrons. The van der Waals surface area contributed by atoms with Crippen molar-refractivity contribution in [1.29, 1.82) is 0 Å². The molecule has 1 fully saturated rings. The van der Waals surface area contributed by atoms with Crippen LogP contribution in [0.3, 0.4) is 0 Å². The van der Waals surface area contributed by atoms with Crippen LogP contribution in [-0.2, 0) is 26.2 Å². The Morgan fingerprint density at radius 1 is 0.881 bits per heavy atom. The smallest absolute Gasteiger partial charge is 0.264 e. The summed E-state index contributed by atoms with van der Waals surface area (Å²) in [7, 11) is -4.10. The Labute approximate surface area is 251 Å². The Morgan fingerprint density at radius 2 is 1.48 bits per heavy atom. The summed E-state index contributed by atoms with van der Waals surface area (Å²) in [5, 5.41) is 3.16. The van der Waals surface area contributed by atoms with Crippen LogP contribution in [0.1, 0.15) is 66.8 Å². The molecule has 1 saturated carbocycles. The summed E-state index contributed by atoms with van der Waals surface area (Å²) in [6.07, 6.45) is 4.43. The van der Waals surface area contributed by atoms with Crippen molar-refractivity contribution in [2.75, 3.05) is 10.8 Å². The van der Waals surface area contributed by atoms with Crippen LogP contribution >= 0.6 is 0 Å². The van der Waals surface area contributed by atoms with E-state index in [9.17, 15) is 18.0 Å². The number of hydrogen-bond donors (Lipinski definition) is 1. The van der Waals surface area contributed by atoms with E-state index in [-0.39, 0.29) is 23.4 Å². The summed E-state index contributed by atoms with van der Waals surface area (Å²) in [5.41, 5.74) is 5.04. The Morgan fingerprint density at radius 3 is 2.07 bits per heavy atom. The van der Waals surface area contributed by atoms with Gasteiger partial charge >= 0.3 is 0 Å². The Bertz CT molecular complexity index is 1490. The van der Waals surface area contributed by atoms with Crippen molar-refractivity contribution in [2.45, 2.75) is 90.2 Å². The predicted octanol–water partition coefficient (Wildman–Crippen LogP) is 5.98. The quantitative estimate of drug-likeness (QED) is 0.298. The van der Waals surface area contributed by atoms with Crippen LogP contribution < -0.4 is 9.62 Å². The van der Waals surface area contributed by atoms with Gasteiger partial charge in [-0.25, -0.2) is 8.42 Å². The van der Waals surface area contributed by atoms with Gasteiger partial charge in [0.1, 0.15) is 12.6 Å². The second-order valence-electron chi connectivity index (χ2n) is 11.5. The van der Waals surface area contributed by atoms with Crippen LogP contribution in [0, 0.1) is 27.7 Å². The van der Waals surface area contributed by atoms with Gasteiger partial charge in [0.2, 0.25) is 11.8 Å². The highest BCUT2D eigenvalue weighted by molar-refractivity contribution is 7.92. The highest BCUT2D eigenvalue weighted by atomic mass is 32.2. The van der Waals surface area contributed by atoms with Gasteiger partial charge in [0, 0.05) is 12.6 Å². The highest BCUT2D eigenvalue weighted by Gasteiger charge is 2.35. The summed E-state index contributed by atoms with van der Waals surface area (Å²) in [6, 6.07) is 19.3. The SMILES string of the molecule is CC[C@@H](C(=O)NC1CCCC1)N(Cc1ccc(C)cc1)C(=O)CN(c1cccc(C)c1C)S(=O)(=O)c1ccc(C)cc1. The summed E-state index contributed by atoms with van der Waals surface area (Å²) >= 11 is 0. The maximum atomic E-state index is 14.3. The molecule has 4 rings (SSSR count). The van der Waals surface area contributed by atoms with Crippen LogP contribution in [0.5, 0.6) is 0 Å². The predicted molar refractivity (Wildman–Crippen MR) is 168 cm³/mol. The summed E-state index contributed by atoms with van der Waals surface area (Å²) < 4.78 is 29.5. The fourth-order valence-corrected chi connectivity index (χ4v) is 7.01. The fraction of sp³-hybridized carbons (Fsp3) is 0.412. The van der Waals surface area contributed by atoms with Crippen LogP contribution in [0.2, 0.25) is 0 Å². The van der Waals surface area contributed by atoms with E-state index in [4.69, 9.17) is 0 Å². The first-order valence-corrected chi connectivity index (χ1v) is 16.3. The molecule has 0 aliphatic heterocycles. The Hall–Kier alpha value is -3.65. The number of anilines is 1. The molecule has 0 saturated heterocycles. The van der Waals surface area contributed by atoms with Crippen molar-refractivity contribution in [3.05, 3.63) is 94.5 Å². The van der Waals surface area contributed by atoms with E-state index < -0.39 is 28.5 Å². The van der Waals surface area contributed by atoms with Crippen LogP contribution in [-0.4, -0.2) is 43.8 Å². The average molecular weight is 590 g/mol. The summed E-state index contributed by atoms with van der Waals surface area (Å²) in [4.78, 5) is 29.6. The van der Waals surface area contributed by atoms with E-state index >= 15 is 0 Å². The van der Waals surface area contributed by atoms with Crippen molar-refractivity contribution in [1.82, 2.24) is 10.2 Å². The maximum Gasteiger partial charge on any atom is 0.264 e. The van der Waals surface area contributed by atoms with Gasteiger partial charge in [-0.05, 0) is 81.8 Å². The van der Waals surface area contributed by atoms with Crippen molar-refractivity contribution in [2.24, 2.45) is 0 Å². The Kier molecular flexibility index (Phi) is 10.1. The molecule has 1 aliphatic carbocycles. The van der Waals surface area contributed by atoms with E-state index in [1.165, 1.54) is 4.31 Å². The van der Waals surface area contributed by atoms with Gasteiger partial charge in [-0.1, -0.05) is 79.4 Å². The molecule has 3 aromatic carbocycles. The summed E-state index contributed by atoms with van der Waals surface area (Å²) in [5.74, 6) is -0.620. The second kappa shape index (κ2) is 13.6. The number of hydrogen-bond acceptors (Lipinski definition) is 4. The second-order valence-corrected chi connectivity index (χ2v) is 13.3. The zero-order valence-electron chi connectivity index (χ0n) is 25.4. The van der Waals surface area contributed by atoms with E-state index in [2.05, 4.69) is 5.32 Å². The molecular formula is C34H43N3O4S. The number of sulfonamides is 1. The molecule has 1 N–H and O–H groups in total. The van der Waals surface area contributed by atoms with Gasteiger partial charge in [-0.15, -0.1) is 0 Å². The zero-order chi connectivity index (χ0) is 30.4. The van der Waals surface area contributed by atoms with Crippen molar-refractivity contribution >= 4 is 27.5 Å². The van der Waals surface area contributed by atoms with Crippen molar-refractivity contribution < 1.29 is 18.0 Å². The number of rotatable bonds is 11. The molecule has 7 nitrogen and oxygen atoms in total. The number of aryl methyl sites for hydroxylation is 3. The number of benzene rings is 3. The molecular weight excluding hydrogens is 546 g/mol. The first-order valence-electron chi connectivity index (χ1n) is 14.8. The number of nitrogens with zero attached hydrogens (tertiary/aromatic N) is 2. The minimum Gasteiger partial charge on any atom is -0.352 e. The molecule has 0 spiro atoms. The third kappa shape index (κ3) is 7.21. The van der Waals surface area contributed by atoms with Gasteiger partial charge < -0.3 is 10.2 Å². The van der Waals surface area contributed by atoms with E-state index in [1.807, 2.05) is 65.0 Å². The molecule has 8 heteroatoms. The lowest BCUT2D eigenvalue weighted by Gasteiger charge is -2.34. The van der Waals surface area contributed by atoms with E-state index in [0.29, 0.717) is 12.1 Å². The molecule has 0 bridgehead atoms. The molecule has 1 aliphatic rings. The maximum absolute atomic E-state index is 14.3. The molecule has 0 aromatic heterocycles. The largest absolute Gasteiger partial charge is 0.352 e. The highest BCUT2D eigenvalue weighted by Crippen LogP contribution is 2.29. The summed E-state index contributed by atoms with van der Waals surface area (Å²) in [6.45, 7) is 9.32. The van der Waals surface area contributed by atoms with Gasteiger partial charge in [-0.3, -0.25) is 13.9 Å². The first-order chi connectivity index (χ1) is 20.0. The topological polar surface area (TPSA) is 86.8 Å². The normalized spacial score (nSPS) is 14.4. The fourth-order valence-electron chi connectivity index (χ4n) is 5.53. The molecule has 0 heterocycles. The number of nitrogens with one attached hydrogen (secondary N) is 1. The molecule has 1 atom stereocenters. The van der Waals surface area contributed by atoms with E-state index in [1.54, 1.807) is 41.3 Å². The molecule has 224 valence electrons. The zero-order valence-corrected chi connectivity index (χ0v) is 26.2. The average Bonchev–Trinajstić information content (AvgIpc) is 3.47. The minimum absolute atomic E-state index is 0.108. The van der Waals surface area contributed by atoms with Crippen LogP contribution in [0.15, 0.2) is 71.6 Å². The third-order valence-corrected chi connectivity index (χ3v) is 10.1. The third-order valence-electron chi connectivity index (χ3n) is 8.29. The molecule has 42 heavy (non-hydrogen) atoms. The number of carbonyl (C=O) groups excluding carboxylic acids is 2. The first kappa shape index (κ1) is 31.3. The lowest BCUT2D eigenvalue weighted by molar-refractivity contribution is -0.140. The van der Waals surface area contributed by atoms with Crippen LogP contribution in [0.4, 0.5) is 5.69 Å². The van der Waals surface area contributed by atoms with Crippen molar-refractivity contribution in [3.8, 4) is 0 Å². The molecule has 0 unspecified atom stereocenters. The lowest BCUT2D eigenvalue weighted by atomic mass is 10.1. The lowest BCUT2D eigenvalue weighted by Crippen LogP contribution is -2.53. The standard InChI is InChI=1S/C34H43N3O4S/c1-6-31(34(39)35-29-11-7-8-12-29)36(22-28-18-14-24(2)15-19-28)33(38)23-37(32-13-9-10-26(4)27(32)5)42(40,41)30-20-16-25(3)17-21-30/h9-10,13-21,29,31H,6-8,11-12,22-23H2,1-5H3,(H,35,39)/t31-/m0/s1. The Balaban J connectivity index is 1.74. The van der Waals surface area contributed by atoms with Gasteiger partial charge in [0.05, 0.1) is 10.6 Å². The minimum atomic E-state index is -4.10. The van der Waals surface area contributed by atoms with Crippen LogP contribution in [0.25, 0.3) is 0 Å². The molecule has 3 aromatic rings.